The molecule has 1 rings (SSSR count). The number of hydrogen-bond acceptors (Lipinski definition) is 2. The zero-order valence-corrected chi connectivity index (χ0v) is 12.4. The fraction of sp³-hybridized carbons (Fsp3) is 0.533. The molecule has 1 aromatic carbocycles. The molecular weight excluding hydrogens is 260 g/mol. The molecule has 0 spiro atoms. The van der Waals surface area contributed by atoms with Gasteiger partial charge in [-0.05, 0) is 36.6 Å². The number of carbonyl (C=O) groups is 1. The van der Waals surface area contributed by atoms with Gasteiger partial charge in [0, 0.05) is 11.4 Å². The average molecular weight is 283 g/mol. The minimum Gasteiger partial charge on any atom is -0.349 e. The lowest BCUT2D eigenvalue weighted by molar-refractivity contribution is -0.122. The smallest absolute Gasteiger partial charge is 0.220 e. The second kappa shape index (κ2) is 8.18. The Kier molecular flexibility index (Phi) is 6.89. The molecule has 3 N–H and O–H groups in total. The molecule has 3 nitrogen and oxygen atoms in total. The van der Waals surface area contributed by atoms with Crippen LogP contribution in [0.5, 0.6) is 0 Å². The molecule has 0 saturated heterocycles. The van der Waals surface area contributed by atoms with Gasteiger partial charge in [0.1, 0.15) is 0 Å². The molecule has 0 saturated carbocycles. The Bertz CT molecular complexity index is 388. The summed E-state index contributed by atoms with van der Waals surface area (Å²) in [5.41, 5.74) is 6.71. The third-order valence-electron chi connectivity index (χ3n) is 3.40. The normalized spacial score (nSPS) is 13.9. The van der Waals surface area contributed by atoms with Crippen LogP contribution in [0.25, 0.3) is 0 Å². The summed E-state index contributed by atoms with van der Waals surface area (Å²) < 4.78 is 0. The summed E-state index contributed by atoms with van der Waals surface area (Å²) >= 11 is 5.87. The minimum atomic E-state index is 0.0417. The van der Waals surface area contributed by atoms with Gasteiger partial charge in [0.2, 0.25) is 5.91 Å². The quantitative estimate of drug-likeness (QED) is 0.806. The highest BCUT2D eigenvalue weighted by Crippen LogP contribution is 2.19. The lowest BCUT2D eigenvalue weighted by Gasteiger charge is -2.19. The molecule has 0 aromatic heterocycles. The van der Waals surface area contributed by atoms with E-state index in [1.807, 2.05) is 24.3 Å². The zero-order chi connectivity index (χ0) is 14.3. The van der Waals surface area contributed by atoms with Crippen molar-refractivity contribution in [1.29, 1.82) is 0 Å². The maximum absolute atomic E-state index is 12.0. The molecule has 1 aromatic rings. The summed E-state index contributed by atoms with van der Waals surface area (Å²) in [5.74, 6) is 0.335. The summed E-state index contributed by atoms with van der Waals surface area (Å²) in [6.45, 7) is 4.67. The third kappa shape index (κ3) is 5.21. The fourth-order valence-corrected chi connectivity index (χ4v) is 2.15. The van der Waals surface area contributed by atoms with E-state index >= 15 is 0 Å². The van der Waals surface area contributed by atoms with Crippen molar-refractivity contribution in [2.24, 2.45) is 11.7 Å². The van der Waals surface area contributed by atoms with Gasteiger partial charge >= 0.3 is 0 Å². The van der Waals surface area contributed by atoms with Gasteiger partial charge in [-0.25, -0.2) is 0 Å². The van der Waals surface area contributed by atoms with Crippen LogP contribution >= 0.6 is 11.6 Å². The molecule has 0 radical (unpaired) electrons. The van der Waals surface area contributed by atoms with Crippen LogP contribution in [0.15, 0.2) is 24.3 Å². The summed E-state index contributed by atoms with van der Waals surface area (Å²) in [5, 5.41) is 3.77. The van der Waals surface area contributed by atoms with E-state index in [9.17, 15) is 4.79 Å². The van der Waals surface area contributed by atoms with Gasteiger partial charge in [0.25, 0.3) is 0 Å². The first-order chi connectivity index (χ1) is 9.10. The van der Waals surface area contributed by atoms with Crippen LogP contribution in [0.3, 0.4) is 0 Å². The predicted molar refractivity (Wildman–Crippen MR) is 80.1 cm³/mol. The van der Waals surface area contributed by atoms with Gasteiger partial charge in [-0.15, -0.1) is 0 Å². The second-order valence-electron chi connectivity index (χ2n) is 4.79. The first-order valence-electron chi connectivity index (χ1n) is 6.85. The monoisotopic (exact) mass is 282 g/mol. The van der Waals surface area contributed by atoms with E-state index in [-0.39, 0.29) is 17.9 Å². The summed E-state index contributed by atoms with van der Waals surface area (Å²) in [7, 11) is 0. The topological polar surface area (TPSA) is 55.1 Å². The van der Waals surface area contributed by atoms with Crippen LogP contribution in [0.2, 0.25) is 5.02 Å². The fourth-order valence-electron chi connectivity index (χ4n) is 2.03. The van der Waals surface area contributed by atoms with Gasteiger partial charge in [-0.1, -0.05) is 44.0 Å². The largest absolute Gasteiger partial charge is 0.349 e. The van der Waals surface area contributed by atoms with Crippen LogP contribution < -0.4 is 11.1 Å². The SMILES string of the molecule is CCC(CN)CC(=O)NC(CC)c1ccc(Cl)cc1. The highest BCUT2D eigenvalue weighted by molar-refractivity contribution is 6.30. The number of hydrogen-bond donors (Lipinski definition) is 2. The highest BCUT2D eigenvalue weighted by atomic mass is 35.5. The lowest BCUT2D eigenvalue weighted by atomic mass is 10.0. The summed E-state index contributed by atoms with van der Waals surface area (Å²) in [4.78, 5) is 12.0. The molecule has 0 bridgehead atoms. The van der Waals surface area contributed by atoms with Crippen molar-refractivity contribution in [2.45, 2.75) is 39.2 Å². The van der Waals surface area contributed by atoms with Crippen molar-refractivity contribution in [2.75, 3.05) is 6.54 Å². The van der Waals surface area contributed by atoms with Crippen LogP contribution in [0, 0.1) is 5.92 Å². The van der Waals surface area contributed by atoms with Crippen molar-refractivity contribution in [3.63, 3.8) is 0 Å². The Morgan fingerprint density at radius 3 is 2.37 bits per heavy atom. The van der Waals surface area contributed by atoms with Crippen molar-refractivity contribution in [1.82, 2.24) is 5.32 Å². The first kappa shape index (κ1) is 16.0. The Labute approximate surface area is 120 Å². The zero-order valence-electron chi connectivity index (χ0n) is 11.7. The number of nitrogens with two attached hydrogens (primary N) is 1. The van der Waals surface area contributed by atoms with Crippen molar-refractivity contribution < 1.29 is 4.79 Å². The Morgan fingerprint density at radius 2 is 1.89 bits per heavy atom. The maximum Gasteiger partial charge on any atom is 0.220 e. The van der Waals surface area contributed by atoms with Crippen LogP contribution in [0.1, 0.15) is 44.7 Å². The number of rotatable bonds is 7. The van der Waals surface area contributed by atoms with Crippen LogP contribution in [-0.2, 0) is 4.79 Å². The Hall–Kier alpha value is -1.06. The van der Waals surface area contributed by atoms with Gasteiger partial charge in [-0.3, -0.25) is 4.79 Å². The molecule has 0 aliphatic heterocycles. The second-order valence-corrected chi connectivity index (χ2v) is 5.23. The Morgan fingerprint density at radius 1 is 1.26 bits per heavy atom. The predicted octanol–water partition coefficient (Wildman–Crippen LogP) is 3.28. The molecule has 106 valence electrons. The van der Waals surface area contributed by atoms with Crippen molar-refractivity contribution in [3.8, 4) is 0 Å². The number of amides is 1. The first-order valence-corrected chi connectivity index (χ1v) is 7.23. The highest BCUT2D eigenvalue weighted by Gasteiger charge is 2.15. The van der Waals surface area contributed by atoms with Gasteiger partial charge in [0.05, 0.1) is 6.04 Å². The van der Waals surface area contributed by atoms with E-state index in [1.165, 1.54) is 0 Å². The van der Waals surface area contributed by atoms with E-state index in [1.54, 1.807) is 0 Å². The van der Waals surface area contributed by atoms with Gasteiger partial charge < -0.3 is 11.1 Å². The minimum absolute atomic E-state index is 0.0417. The van der Waals surface area contributed by atoms with Gasteiger partial charge in [-0.2, -0.15) is 0 Å². The van der Waals surface area contributed by atoms with E-state index in [4.69, 9.17) is 17.3 Å². The van der Waals surface area contributed by atoms with E-state index in [0.29, 0.717) is 18.0 Å². The Balaban J connectivity index is 2.61. The van der Waals surface area contributed by atoms with Crippen molar-refractivity contribution >= 4 is 17.5 Å². The van der Waals surface area contributed by atoms with E-state index in [0.717, 1.165) is 18.4 Å². The molecule has 2 atom stereocenters. The molecular formula is C15H23ClN2O. The number of benzene rings is 1. The van der Waals surface area contributed by atoms with Crippen LogP contribution in [-0.4, -0.2) is 12.5 Å². The van der Waals surface area contributed by atoms with Gasteiger partial charge in [0.15, 0.2) is 0 Å². The standard InChI is InChI=1S/C15H23ClN2O/c1-3-11(10-17)9-15(19)18-14(4-2)12-5-7-13(16)8-6-12/h5-8,11,14H,3-4,9-10,17H2,1-2H3,(H,18,19). The number of nitrogens with one attached hydrogen (secondary N) is 1. The number of halogens is 1. The summed E-state index contributed by atoms with van der Waals surface area (Å²) in [6.07, 6.45) is 2.28. The van der Waals surface area contributed by atoms with E-state index < -0.39 is 0 Å². The molecule has 0 aliphatic rings. The third-order valence-corrected chi connectivity index (χ3v) is 3.65. The van der Waals surface area contributed by atoms with E-state index in [2.05, 4.69) is 19.2 Å². The molecule has 0 heterocycles. The molecule has 0 fully saturated rings. The molecule has 19 heavy (non-hydrogen) atoms. The molecule has 1 amide bonds. The summed E-state index contributed by atoms with van der Waals surface area (Å²) in [6, 6.07) is 7.65. The van der Waals surface area contributed by atoms with Crippen molar-refractivity contribution in [3.05, 3.63) is 34.9 Å². The van der Waals surface area contributed by atoms with Crippen LogP contribution in [0.4, 0.5) is 0 Å². The molecule has 0 aliphatic carbocycles. The lowest BCUT2D eigenvalue weighted by Crippen LogP contribution is -2.31. The molecule has 4 heteroatoms. The number of carbonyl (C=O) groups excluding carboxylic acids is 1. The average Bonchev–Trinajstić information content (AvgIpc) is 2.43. The molecule has 2 unspecified atom stereocenters. The maximum atomic E-state index is 12.0.